The highest BCUT2D eigenvalue weighted by Crippen LogP contribution is 2.27. The second-order valence-corrected chi connectivity index (χ2v) is 5.04. The van der Waals surface area contributed by atoms with Gasteiger partial charge in [0.25, 0.3) is 0 Å². The summed E-state index contributed by atoms with van der Waals surface area (Å²) in [5, 5.41) is 20.0. The molecule has 2 aromatic rings. The van der Waals surface area contributed by atoms with Gasteiger partial charge in [-0.15, -0.1) is 0 Å². The van der Waals surface area contributed by atoms with Gasteiger partial charge in [-0.1, -0.05) is 12.1 Å². The molecule has 0 radical (unpaired) electrons. The van der Waals surface area contributed by atoms with E-state index in [1.54, 1.807) is 30.3 Å². The number of carbonyl (C=O) groups excluding carboxylic acids is 2. The van der Waals surface area contributed by atoms with E-state index in [1.807, 2.05) is 6.92 Å². The number of hydrogen-bond acceptors (Lipinski definition) is 6. The first-order chi connectivity index (χ1) is 12.0. The molecule has 2 aromatic carbocycles. The molecule has 1 N–H and O–H groups in total. The third-order valence-corrected chi connectivity index (χ3v) is 3.21. The predicted octanol–water partition coefficient (Wildman–Crippen LogP) is 1.82. The molecule has 0 unspecified atom stereocenters. The first-order valence-corrected chi connectivity index (χ1v) is 7.60. The summed E-state index contributed by atoms with van der Waals surface area (Å²) < 4.78 is 10.2. The normalized spacial score (nSPS) is 10.6. The molecule has 25 heavy (non-hydrogen) atoms. The lowest BCUT2D eigenvalue weighted by molar-refractivity contribution is -0.307. The number of rotatable bonds is 8. The van der Waals surface area contributed by atoms with Crippen LogP contribution >= 0.6 is 0 Å². The van der Waals surface area contributed by atoms with E-state index in [1.165, 1.54) is 24.3 Å². The third kappa shape index (κ3) is 5.39. The van der Waals surface area contributed by atoms with E-state index in [0.29, 0.717) is 29.2 Å². The van der Waals surface area contributed by atoms with Gasteiger partial charge in [0.1, 0.15) is 12.4 Å². The SMILES string of the molecule is CCOc1cc(/C=C/C(=O)c2ccc(OCC(=O)[O-])cc2)ccc1O. The van der Waals surface area contributed by atoms with Crippen LogP contribution in [0.1, 0.15) is 22.8 Å². The van der Waals surface area contributed by atoms with E-state index >= 15 is 0 Å². The van der Waals surface area contributed by atoms with Crippen LogP contribution in [-0.4, -0.2) is 30.1 Å². The van der Waals surface area contributed by atoms with Crippen molar-refractivity contribution in [3.8, 4) is 17.2 Å². The topological polar surface area (TPSA) is 95.9 Å². The minimum Gasteiger partial charge on any atom is -0.546 e. The van der Waals surface area contributed by atoms with Crippen LogP contribution in [-0.2, 0) is 4.79 Å². The number of ketones is 1. The lowest BCUT2D eigenvalue weighted by Crippen LogP contribution is -2.28. The maximum atomic E-state index is 12.2. The molecule has 6 heteroatoms. The standard InChI is InChI=1S/C19H18O6/c1-2-24-18-11-13(4-10-17(18)21)3-9-16(20)14-5-7-15(8-6-14)25-12-19(22)23/h3-11,21H,2,12H2,1H3,(H,22,23)/p-1/b9-3+. The highest BCUT2D eigenvalue weighted by molar-refractivity contribution is 6.06. The minimum absolute atomic E-state index is 0.0393. The van der Waals surface area contributed by atoms with Crippen molar-refractivity contribution in [2.24, 2.45) is 0 Å². The van der Waals surface area contributed by atoms with E-state index in [-0.39, 0.29) is 11.5 Å². The lowest BCUT2D eigenvalue weighted by atomic mass is 10.1. The molecular formula is C19H17O6-. The van der Waals surface area contributed by atoms with Gasteiger partial charge in [0.15, 0.2) is 17.3 Å². The van der Waals surface area contributed by atoms with Crippen LogP contribution in [0.3, 0.4) is 0 Å². The van der Waals surface area contributed by atoms with Crippen LogP contribution < -0.4 is 14.6 Å². The Balaban J connectivity index is 2.04. The zero-order chi connectivity index (χ0) is 18.2. The van der Waals surface area contributed by atoms with Gasteiger partial charge in [-0.05, 0) is 55.0 Å². The zero-order valence-electron chi connectivity index (χ0n) is 13.6. The minimum atomic E-state index is -1.32. The molecule has 0 aliphatic rings. The Bertz CT molecular complexity index is 777. The Labute approximate surface area is 144 Å². The van der Waals surface area contributed by atoms with Gasteiger partial charge < -0.3 is 24.5 Å². The van der Waals surface area contributed by atoms with Gasteiger partial charge in [0.2, 0.25) is 0 Å². The average molecular weight is 341 g/mol. The van der Waals surface area contributed by atoms with Crippen molar-refractivity contribution in [1.82, 2.24) is 0 Å². The highest BCUT2D eigenvalue weighted by atomic mass is 16.5. The quantitative estimate of drug-likeness (QED) is 0.581. The number of phenolic OH excluding ortho intramolecular Hbond substituents is 1. The Morgan fingerprint density at radius 1 is 1.12 bits per heavy atom. The number of aromatic hydroxyl groups is 1. The van der Waals surface area contributed by atoms with Crippen molar-refractivity contribution in [1.29, 1.82) is 0 Å². The van der Waals surface area contributed by atoms with Crippen LogP contribution in [0, 0.1) is 0 Å². The largest absolute Gasteiger partial charge is 0.546 e. The highest BCUT2D eigenvalue weighted by Gasteiger charge is 2.04. The summed E-state index contributed by atoms with van der Waals surface area (Å²) in [6.07, 6.45) is 3.02. The molecule has 0 bridgehead atoms. The summed E-state index contributed by atoms with van der Waals surface area (Å²) in [5.41, 5.74) is 1.14. The van der Waals surface area contributed by atoms with Crippen molar-refractivity contribution < 1.29 is 29.3 Å². The molecule has 0 saturated heterocycles. The molecule has 2 rings (SSSR count). The van der Waals surface area contributed by atoms with Gasteiger partial charge in [-0.3, -0.25) is 4.79 Å². The van der Waals surface area contributed by atoms with Crippen molar-refractivity contribution >= 4 is 17.8 Å². The molecule has 0 aliphatic heterocycles. The van der Waals surface area contributed by atoms with Crippen LogP contribution in [0.15, 0.2) is 48.5 Å². The van der Waals surface area contributed by atoms with Gasteiger partial charge >= 0.3 is 0 Å². The Hall–Kier alpha value is -3.28. The number of hydrogen-bond donors (Lipinski definition) is 1. The molecule has 0 saturated carbocycles. The first kappa shape index (κ1) is 18.1. The summed E-state index contributed by atoms with van der Waals surface area (Å²) in [7, 11) is 0. The van der Waals surface area contributed by atoms with Gasteiger partial charge in [-0.2, -0.15) is 0 Å². The van der Waals surface area contributed by atoms with Crippen LogP contribution in [0.2, 0.25) is 0 Å². The lowest BCUT2D eigenvalue weighted by Gasteiger charge is -2.07. The van der Waals surface area contributed by atoms with Gasteiger partial charge in [0.05, 0.1) is 12.6 Å². The van der Waals surface area contributed by atoms with Crippen molar-refractivity contribution in [2.75, 3.05) is 13.2 Å². The second-order valence-electron chi connectivity index (χ2n) is 5.04. The third-order valence-electron chi connectivity index (χ3n) is 3.21. The number of aliphatic carboxylic acids is 1. The summed E-state index contributed by atoms with van der Waals surface area (Å²) in [5.74, 6) is -0.811. The monoisotopic (exact) mass is 341 g/mol. The molecule has 0 aromatic heterocycles. The van der Waals surface area contributed by atoms with E-state index in [9.17, 15) is 19.8 Å². The number of carboxylic acids is 1. The molecule has 6 nitrogen and oxygen atoms in total. The first-order valence-electron chi connectivity index (χ1n) is 7.60. The second kappa shape index (κ2) is 8.54. The Morgan fingerprint density at radius 2 is 1.84 bits per heavy atom. The van der Waals surface area contributed by atoms with Crippen molar-refractivity contribution in [2.45, 2.75) is 6.92 Å². The molecule has 0 amide bonds. The smallest absolute Gasteiger partial charge is 0.185 e. The van der Waals surface area contributed by atoms with Crippen LogP contribution in [0.5, 0.6) is 17.2 Å². The number of carbonyl (C=O) groups is 2. The predicted molar refractivity (Wildman–Crippen MR) is 89.6 cm³/mol. The van der Waals surface area contributed by atoms with Gasteiger partial charge in [0, 0.05) is 5.56 Å². The number of allylic oxidation sites excluding steroid dienone is 1. The fourth-order valence-corrected chi connectivity index (χ4v) is 2.03. The van der Waals surface area contributed by atoms with E-state index < -0.39 is 12.6 Å². The summed E-state index contributed by atoms with van der Waals surface area (Å²) in [6, 6.07) is 10.9. The molecule has 0 heterocycles. The molecule has 0 aliphatic carbocycles. The average Bonchev–Trinajstić information content (AvgIpc) is 2.61. The van der Waals surface area contributed by atoms with Crippen molar-refractivity contribution in [3.63, 3.8) is 0 Å². The maximum absolute atomic E-state index is 12.2. The molecule has 0 spiro atoms. The number of phenols is 1. The fourth-order valence-electron chi connectivity index (χ4n) is 2.03. The fraction of sp³-hybridized carbons (Fsp3) is 0.158. The zero-order valence-corrected chi connectivity index (χ0v) is 13.6. The van der Waals surface area contributed by atoms with E-state index in [2.05, 4.69) is 0 Å². The van der Waals surface area contributed by atoms with E-state index in [0.717, 1.165) is 0 Å². The molecule has 0 atom stereocenters. The summed E-state index contributed by atoms with van der Waals surface area (Å²) in [4.78, 5) is 22.5. The Morgan fingerprint density at radius 3 is 2.48 bits per heavy atom. The number of benzene rings is 2. The van der Waals surface area contributed by atoms with E-state index in [4.69, 9.17) is 9.47 Å². The van der Waals surface area contributed by atoms with Crippen LogP contribution in [0.25, 0.3) is 6.08 Å². The molecule has 0 fully saturated rings. The molecular weight excluding hydrogens is 324 g/mol. The van der Waals surface area contributed by atoms with Crippen molar-refractivity contribution in [3.05, 3.63) is 59.7 Å². The Kier molecular flexibility index (Phi) is 6.17. The summed E-state index contributed by atoms with van der Waals surface area (Å²) >= 11 is 0. The molecule has 130 valence electrons. The summed E-state index contributed by atoms with van der Waals surface area (Å²) in [6.45, 7) is 1.69. The number of carboxylic acid groups (broad SMARTS) is 1. The maximum Gasteiger partial charge on any atom is 0.185 e. The van der Waals surface area contributed by atoms with Crippen LogP contribution in [0.4, 0.5) is 0 Å². The van der Waals surface area contributed by atoms with Gasteiger partial charge in [-0.25, -0.2) is 0 Å². The number of ether oxygens (including phenoxy) is 2.